The lowest BCUT2D eigenvalue weighted by Gasteiger charge is -2.28. The first-order chi connectivity index (χ1) is 8.40. The summed E-state index contributed by atoms with van der Waals surface area (Å²) in [6.45, 7) is 5.57. The van der Waals surface area contributed by atoms with Gasteiger partial charge in [0.05, 0.1) is 6.07 Å². The van der Waals surface area contributed by atoms with Crippen LogP contribution < -0.4 is 5.32 Å². The number of allylic oxidation sites excluding steroid dienone is 2. The highest BCUT2D eigenvalue weighted by molar-refractivity contribution is 5.68. The van der Waals surface area contributed by atoms with Crippen molar-refractivity contribution < 1.29 is 9.53 Å². The molecule has 1 amide bonds. The normalized spacial score (nSPS) is 24.6. The SMILES string of the molecule is CC(C)(C)OC(=O)NC1CCC(/C=C\C#N)CC1. The predicted octanol–water partition coefficient (Wildman–Crippen LogP) is 3.15. The lowest BCUT2D eigenvalue weighted by molar-refractivity contribution is 0.0490. The van der Waals surface area contributed by atoms with Crippen molar-refractivity contribution in [1.82, 2.24) is 5.32 Å². The second-order valence-corrected chi connectivity index (χ2v) is 5.75. The minimum absolute atomic E-state index is 0.201. The molecule has 0 unspecified atom stereocenters. The number of nitrogens with zero attached hydrogens (tertiary/aromatic N) is 1. The highest BCUT2D eigenvalue weighted by Crippen LogP contribution is 2.25. The maximum absolute atomic E-state index is 11.6. The number of ether oxygens (including phenoxy) is 1. The van der Waals surface area contributed by atoms with E-state index in [4.69, 9.17) is 10.00 Å². The third-order valence-electron chi connectivity index (χ3n) is 2.94. The van der Waals surface area contributed by atoms with Crippen molar-refractivity contribution >= 4 is 6.09 Å². The van der Waals surface area contributed by atoms with E-state index in [1.807, 2.05) is 32.9 Å². The van der Waals surface area contributed by atoms with Gasteiger partial charge in [-0.3, -0.25) is 0 Å². The summed E-state index contributed by atoms with van der Waals surface area (Å²) in [5.74, 6) is 0.473. The summed E-state index contributed by atoms with van der Waals surface area (Å²) in [7, 11) is 0. The van der Waals surface area contributed by atoms with Crippen LogP contribution in [0.15, 0.2) is 12.2 Å². The summed E-state index contributed by atoms with van der Waals surface area (Å²) in [6, 6.07) is 2.21. The van der Waals surface area contributed by atoms with Crippen LogP contribution in [0.5, 0.6) is 0 Å². The van der Waals surface area contributed by atoms with E-state index in [2.05, 4.69) is 5.32 Å². The monoisotopic (exact) mass is 250 g/mol. The molecule has 0 bridgehead atoms. The van der Waals surface area contributed by atoms with Crippen LogP contribution in [0.4, 0.5) is 4.79 Å². The quantitative estimate of drug-likeness (QED) is 0.766. The van der Waals surface area contributed by atoms with Gasteiger partial charge in [0.2, 0.25) is 0 Å². The van der Waals surface area contributed by atoms with Gasteiger partial charge in [0, 0.05) is 12.1 Å². The number of alkyl carbamates (subject to hydrolysis) is 1. The Labute approximate surface area is 109 Å². The second kappa shape index (κ2) is 6.44. The van der Waals surface area contributed by atoms with Crippen molar-refractivity contribution in [3.05, 3.63) is 12.2 Å². The first kappa shape index (κ1) is 14.6. The van der Waals surface area contributed by atoms with Crippen molar-refractivity contribution in [2.45, 2.75) is 58.1 Å². The highest BCUT2D eigenvalue weighted by Gasteiger charge is 2.23. The van der Waals surface area contributed by atoms with Gasteiger partial charge in [0.15, 0.2) is 0 Å². The second-order valence-electron chi connectivity index (χ2n) is 5.75. The molecule has 0 spiro atoms. The van der Waals surface area contributed by atoms with Crippen molar-refractivity contribution in [2.75, 3.05) is 0 Å². The molecule has 0 atom stereocenters. The summed E-state index contributed by atoms with van der Waals surface area (Å²) in [5.41, 5.74) is -0.448. The molecule has 0 aromatic rings. The van der Waals surface area contributed by atoms with Gasteiger partial charge >= 0.3 is 6.09 Å². The minimum Gasteiger partial charge on any atom is -0.444 e. The third kappa shape index (κ3) is 5.72. The van der Waals surface area contributed by atoms with Gasteiger partial charge in [-0.05, 0) is 52.4 Å². The molecule has 1 saturated carbocycles. The minimum atomic E-state index is -0.448. The molecule has 18 heavy (non-hydrogen) atoms. The lowest BCUT2D eigenvalue weighted by atomic mass is 9.86. The fourth-order valence-electron chi connectivity index (χ4n) is 2.11. The van der Waals surface area contributed by atoms with E-state index in [0.717, 1.165) is 25.7 Å². The van der Waals surface area contributed by atoms with Crippen LogP contribution in [-0.4, -0.2) is 17.7 Å². The number of nitrogens with one attached hydrogen (secondary N) is 1. The largest absolute Gasteiger partial charge is 0.444 e. The van der Waals surface area contributed by atoms with Gasteiger partial charge in [-0.1, -0.05) is 6.08 Å². The maximum Gasteiger partial charge on any atom is 0.407 e. The number of nitriles is 1. The summed E-state index contributed by atoms with van der Waals surface area (Å²) in [6.07, 6.45) is 7.09. The molecule has 0 aromatic carbocycles. The van der Waals surface area contributed by atoms with Gasteiger partial charge in [0.1, 0.15) is 5.60 Å². The average Bonchev–Trinajstić information content (AvgIpc) is 2.25. The Kier molecular flexibility index (Phi) is 5.21. The van der Waals surface area contributed by atoms with E-state index in [9.17, 15) is 4.79 Å². The Morgan fingerprint density at radius 2 is 1.94 bits per heavy atom. The van der Waals surface area contributed by atoms with E-state index in [1.165, 1.54) is 0 Å². The molecular formula is C14H22N2O2. The van der Waals surface area contributed by atoms with Crippen LogP contribution >= 0.6 is 0 Å². The number of rotatable bonds is 2. The molecule has 0 radical (unpaired) electrons. The molecule has 0 heterocycles. The van der Waals surface area contributed by atoms with Gasteiger partial charge in [-0.25, -0.2) is 4.79 Å². The van der Waals surface area contributed by atoms with Gasteiger partial charge in [0.25, 0.3) is 0 Å². The summed E-state index contributed by atoms with van der Waals surface area (Å²) >= 11 is 0. The van der Waals surface area contributed by atoms with Crippen LogP contribution in [0.2, 0.25) is 0 Å². The molecule has 1 aliphatic rings. The predicted molar refractivity (Wildman–Crippen MR) is 69.9 cm³/mol. The van der Waals surface area contributed by atoms with Gasteiger partial charge in [-0.2, -0.15) is 5.26 Å². The summed E-state index contributed by atoms with van der Waals surface area (Å²) in [5, 5.41) is 11.4. The topological polar surface area (TPSA) is 62.1 Å². The van der Waals surface area contributed by atoms with Crippen LogP contribution in [0.25, 0.3) is 0 Å². The fraction of sp³-hybridized carbons (Fsp3) is 0.714. The van der Waals surface area contributed by atoms with E-state index >= 15 is 0 Å². The fourth-order valence-corrected chi connectivity index (χ4v) is 2.11. The van der Waals surface area contributed by atoms with Gasteiger partial charge in [-0.15, -0.1) is 0 Å². The molecule has 4 heteroatoms. The number of carbonyl (C=O) groups is 1. The molecule has 0 saturated heterocycles. The van der Waals surface area contributed by atoms with Crippen molar-refractivity contribution in [1.29, 1.82) is 5.26 Å². The van der Waals surface area contributed by atoms with Crippen molar-refractivity contribution in [2.24, 2.45) is 5.92 Å². The van der Waals surface area contributed by atoms with E-state index in [-0.39, 0.29) is 12.1 Å². The lowest BCUT2D eigenvalue weighted by Crippen LogP contribution is -2.40. The zero-order valence-corrected chi connectivity index (χ0v) is 11.4. The Hall–Kier alpha value is -1.50. The van der Waals surface area contributed by atoms with Crippen LogP contribution in [0.3, 0.4) is 0 Å². The first-order valence-corrected chi connectivity index (χ1v) is 6.46. The van der Waals surface area contributed by atoms with E-state index in [1.54, 1.807) is 6.08 Å². The number of hydrogen-bond acceptors (Lipinski definition) is 3. The van der Waals surface area contributed by atoms with E-state index in [0.29, 0.717) is 5.92 Å². The van der Waals surface area contributed by atoms with Gasteiger partial charge < -0.3 is 10.1 Å². The Balaban J connectivity index is 2.30. The molecule has 1 rings (SSSR count). The molecule has 1 aliphatic carbocycles. The first-order valence-electron chi connectivity index (χ1n) is 6.46. The Bertz CT molecular complexity index is 342. The standard InChI is InChI=1S/C14H22N2O2/c1-14(2,3)18-13(17)16-12-8-6-11(7-9-12)5-4-10-15/h4-5,11-12H,6-9H2,1-3H3,(H,16,17)/b5-4-. The average molecular weight is 250 g/mol. The third-order valence-corrected chi connectivity index (χ3v) is 2.94. The molecular weight excluding hydrogens is 228 g/mol. The van der Waals surface area contributed by atoms with Crippen LogP contribution in [0.1, 0.15) is 46.5 Å². The zero-order chi connectivity index (χ0) is 13.6. The highest BCUT2D eigenvalue weighted by atomic mass is 16.6. The number of carbonyl (C=O) groups excluding carboxylic acids is 1. The molecule has 0 aromatic heterocycles. The molecule has 4 nitrogen and oxygen atoms in total. The Morgan fingerprint density at radius 3 is 2.44 bits per heavy atom. The molecule has 1 fully saturated rings. The molecule has 1 N–H and O–H groups in total. The van der Waals surface area contributed by atoms with Crippen molar-refractivity contribution in [3.8, 4) is 6.07 Å². The summed E-state index contributed by atoms with van der Waals surface area (Å²) in [4.78, 5) is 11.6. The van der Waals surface area contributed by atoms with E-state index < -0.39 is 5.60 Å². The maximum atomic E-state index is 11.6. The molecule has 0 aliphatic heterocycles. The molecule has 100 valence electrons. The van der Waals surface area contributed by atoms with Crippen molar-refractivity contribution in [3.63, 3.8) is 0 Å². The number of hydrogen-bond donors (Lipinski definition) is 1. The Morgan fingerprint density at radius 1 is 1.33 bits per heavy atom. The number of amides is 1. The smallest absolute Gasteiger partial charge is 0.407 e. The van der Waals surface area contributed by atoms with Crippen LogP contribution in [0, 0.1) is 17.2 Å². The van der Waals surface area contributed by atoms with Crippen LogP contribution in [-0.2, 0) is 4.74 Å². The zero-order valence-electron chi connectivity index (χ0n) is 11.4. The summed E-state index contributed by atoms with van der Waals surface area (Å²) < 4.78 is 5.23.